The van der Waals surface area contributed by atoms with Gasteiger partial charge in [0.2, 0.25) is 11.8 Å². The van der Waals surface area contributed by atoms with Crippen molar-refractivity contribution in [2.75, 3.05) is 6.54 Å². The van der Waals surface area contributed by atoms with Gasteiger partial charge in [-0.3, -0.25) is 9.59 Å². The number of fused-ring (bicyclic) bond motifs is 1. The molecule has 2 heterocycles. The lowest BCUT2D eigenvalue weighted by Gasteiger charge is -2.36. The lowest BCUT2D eigenvalue weighted by Crippen LogP contribution is -2.65. The van der Waals surface area contributed by atoms with Crippen LogP contribution >= 0.6 is 0 Å². The highest BCUT2D eigenvalue weighted by molar-refractivity contribution is 5.98. The standard InChI is InChI=1S/C18H24N4O3/c1-11(2)19-18(25)21-13-8-9-22-15(13)16(23)20-14(17(22)24)10-12-6-4-3-5-7-12/h3-7,11,13-15H,8-10H2,1-2H3,(H,20,23)(H2,19,21,25). The third-order valence-electron chi connectivity index (χ3n) is 4.58. The summed E-state index contributed by atoms with van der Waals surface area (Å²) in [6.45, 7) is 4.21. The van der Waals surface area contributed by atoms with Crippen molar-refractivity contribution in [1.29, 1.82) is 0 Å². The van der Waals surface area contributed by atoms with Gasteiger partial charge in [0.1, 0.15) is 12.1 Å². The SMILES string of the molecule is CC(C)NC(=O)NC1CCN2C(=O)C(Cc3ccccc3)NC(=O)C12. The van der Waals surface area contributed by atoms with Crippen LogP contribution < -0.4 is 16.0 Å². The smallest absolute Gasteiger partial charge is 0.315 e. The third kappa shape index (κ3) is 3.75. The summed E-state index contributed by atoms with van der Waals surface area (Å²) in [7, 11) is 0. The molecule has 7 heteroatoms. The van der Waals surface area contributed by atoms with E-state index < -0.39 is 12.1 Å². The third-order valence-corrected chi connectivity index (χ3v) is 4.58. The van der Waals surface area contributed by atoms with Crippen LogP contribution in [0.3, 0.4) is 0 Å². The first-order valence-corrected chi connectivity index (χ1v) is 8.67. The second kappa shape index (κ2) is 7.13. The molecule has 2 aliphatic rings. The molecule has 3 atom stereocenters. The van der Waals surface area contributed by atoms with Crippen molar-refractivity contribution in [2.24, 2.45) is 0 Å². The van der Waals surface area contributed by atoms with Gasteiger partial charge in [0.15, 0.2) is 0 Å². The first-order chi connectivity index (χ1) is 12.0. The van der Waals surface area contributed by atoms with Crippen LogP contribution in [0.25, 0.3) is 0 Å². The van der Waals surface area contributed by atoms with E-state index in [-0.39, 0.29) is 29.9 Å². The second-order valence-electron chi connectivity index (χ2n) is 6.90. The number of piperazine rings is 1. The van der Waals surface area contributed by atoms with E-state index in [2.05, 4.69) is 16.0 Å². The maximum Gasteiger partial charge on any atom is 0.315 e. The van der Waals surface area contributed by atoms with Crippen molar-refractivity contribution in [3.63, 3.8) is 0 Å². The molecule has 134 valence electrons. The zero-order valence-corrected chi connectivity index (χ0v) is 14.5. The van der Waals surface area contributed by atoms with E-state index in [1.807, 2.05) is 44.2 Å². The van der Waals surface area contributed by atoms with E-state index in [4.69, 9.17) is 0 Å². The van der Waals surface area contributed by atoms with Crippen LogP contribution in [-0.2, 0) is 16.0 Å². The Hall–Kier alpha value is -2.57. The van der Waals surface area contributed by atoms with E-state index in [9.17, 15) is 14.4 Å². The van der Waals surface area contributed by atoms with Gasteiger partial charge in [0, 0.05) is 19.0 Å². The number of hydrogen-bond acceptors (Lipinski definition) is 3. The molecule has 3 rings (SSSR count). The van der Waals surface area contributed by atoms with E-state index in [0.29, 0.717) is 19.4 Å². The Morgan fingerprint density at radius 3 is 2.68 bits per heavy atom. The van der Waals surface area contributed by atoms with E-state index in [0.717, 1.165) is 5.56 Å². The van der Waals surface area contributed by atoms with Crippen molar-refractivity contribution >= 4 is 17.8 Å². The zero-order chi connectivity index (χ0) is 18.0. The van der Waals surface area contributed by atoms with E-state index >= 15 is 0 Å². The number of urea groups is 1. The lowest BCUT2D eigenvalue weighted by molar-refractivity contribution is -0.147. The number of carbonyl (C=O) groups excluding carboxylic acids is 3. The quantitative estimate of drug-likeness (QED) is 0.739. The number of hydrogen-bond donors (Lipinski definition) is 3. The summed E-state index contributed by atoms with van der Waals surface area (Å²) >= 11 is 0. The number of carbonyl (C=O) groups is 3. The molecule has 2 fully saturated rings. The van der Waals surface area contributed by atoms with Crippen molar-refractivity contribution in [2.45, 2.75) is 50.9 Å². The Morgan fingerprint density at radius 1 is 1.28 bits per heavy atom. The predicted molar refractivity (Wildman–Crippen MR) is 92.8 cm³/mol. The van der Waals surface area contributed by atoms with Gasteiger partial charge >= 0.3 is 6.03 Å². The van der Waals surface area contributed by atoms with Crippen LogP contribution in [0.15, 0.2) is 30.3 Å². The van der Waals surface area contributed by atoms with Crippen molar-refractivity contribution in [1.82, 2.24) is 20.9 Å². The molecule has 1 aromatic rings. The number of nitrogens with zero attached hydrogens (tertiary/aromatic N) is 1. The van der Waals surface area contributed by atoms with Crippen molar-refractivity contribution in [3.8, 4) is 0 Å². The highest BCUT2D eigenvalue weighted by Crippen LogP contribution is 2.24. The summed E-state index contributed by atoms with van der Waals surface area (Å²) in [5.41, 5.74) is 1.00. The van der Waals surface area contributed by atoms with Gasteiger partial charge in [0.25, 0.3) is 0 Å². The molecular weight excluding hydrogens is 320 g/mol. The largest absolute Gasteiger partial charge is 0.342 e. The number of amides is 4. The zero-order valence-electron chi connectivity index (χ0n) is 14.5. The normalized spacial score (nSPS) is 25.6. The maximum atomic E-state index is 12.7. The molecule has 0 spiro atoms. The monoisotopic (exact) mass is 344 g/mol. The summed E-state index contributed by atoms with van der Waals surface area (Å²) in [6, 6.07) is 7.79. The second-order valence-corrected chi connectivity index (χ2v) is 6.90. The first kappa shape index (κ1) is 17.3. The molecule has 25 heavy (non-hydrogen) atoms. The highest BCUT2D eigenvalue weighted by Gasteiger charge is 2.48. The molecular formula is C18H24N4O3. The molecule has 0 aromatic heterocycles. The summed E-state index contributed by atoms with van der Waals surface area (Å²) in [5, 5.41) is 8.40. The average molecular weight is 344 g/mol. The number of rotatable bonds is 4. The average Bonchev–Trinajstić information content (AvgIpc) is 2.97. The molecule has 2 aliphatic heterocycles. The van der Waals surface area contributed by atoms with Crippen LogP contribution in [0.4, 0.5) is 4.79 Å². The fourth-order valence-corrected chi connectivity index (χ4v) is 3.49. The molecule has 0 bridgehead atoms. The molecule has 0 radical (unpaired) electrons. The van der Waals surface area contributed by atoms with Crippen molar-refractivity contribution in [3.05, 3.63) is 35.9 Å². The van der Waals surface area contributed by atoms with Gasteiger partial charge in [-0.1, -0.05) is 30.3 Å². The fraction of sp³-hybridized carbons (Fsp3) is 0.500. The molecule has 7 nitrogen and oxygen atoms in total. The fourth-order valence-electron chi connectivity index (χ4n) is 3.49. The maximum absolute atomic E-state index is 12.7. The van der Waals surface area contributed by atoms with Crippen LogP contribution in [0.2, 0.25) is 0 Å². The molecule has 0 aliphatic carbocycles. The minimum absolute atomic E-state index is 0.00886. The Balaban J connectivity index is 1.66. The van der Waals surface area contributed by atoms with Gasteiger partial charge in [0.05, 0.1) is 6.04 Å². The first-order valence-electron chi connectivity index (χ1n) is 8.67. The van der Waals surface area contributed by atoms with Crippen LogP contribution in [0, 0.1) is 0 Å². The van der Waals surface area contributed by atoms with Gasteiger partial charge < -0.3 is 20.9 Å². The number of benzene rings is 1. The molecule has 0 saturated carbocycles. The number of nitrogens with one attached hydrogen (secondary N) is 3. The minimum atomic E-state index is -0.627. The molecule has 4 amide bonds. The van der Waals surface area contributed by atoms with Gasteiger partial charge in [-0.05, 0) is 25.8 Å². The molecule has 1 aromatic carbocycles. The molecule has 2 saturated heterocycles. The van der Waals surface area contributed by atoms with Crippen LogP contribution in [-0.4, -0.2) is 53.5 Å². The Labute approximate surface area is 147 Å². The molecule has 3 unspecified atom stereocenters. The topological polar surface area (TPSA) is 90.5 Å². The lowest BCUT2D eigenvalue weighted by atomic mass is 9.99. The van der Waals surface area contributed by atoms with Crippen LogP contribution in [0.5, 0.6) is 0 Å². The van der Waals surface area contributed by atoms with E-state index in [1.54, 1.807) is 4.90 Å². The van der Waals surface area contributed by atoms with Crippen molar-refractivity contribution < 1.29 is 14.4 Å². The summed E-state index contributed by atoms with van der Waals surface area (Å²) in [5.74, 6) is -0.283. The van der Waals surface area contributed by atoms with Crippen LogP contribution in [0.1, 0.15) is 25.8 Å². The van der Waals surface area contributed by atoms with E-state index in [1.165, 1.54) is 0 Å². The predicted octanol–water partition coefficient (Wildman–Crippen LogP) is 0.405. The van der Waals surface area contributed by atoms with Gasteiger partial charge in [-0.25, -0.2) is 4.79 Å². The molecule has 3 N–H and O–H groups in total. The summed E-state index contributed by atoms with van der Waals surface area (Å²) < 4.78 is 0. The summed E-state index contributed by atoms with van der Waals surface area (Å²) in [4.78, 5) is 38.8. The highest BCUT2D eigenvalue weighted by atomic mass is 16.2. The minimum Gasteiger partial charge on any atom is -0.342 e. The summed E-state index contributed by atoms with van der Waals surface area (Å²) in [6.07, 6.45) is 1.05. The van der Waals surface area contributed by atoms with Gasteiger partial charge in [-0.2, -0.15) is 0 Å². The van der Waals surface area contributed by atoms with Gasteiger partial charge in [-0.15, -0.1) is 0 Å². The Kier molecular flexibility index (Phi) is 4.92. The Morgan fingerprint density at radius 2 is 2.00 bits per heavy atom. The Bertz CT molecular complexity index is 662.